The van der Waals surface area contributed by atoms with Crippen molar-refractivity contribution in [2.75, 3.05) is 11.9 Å². The minimum absolute atomic E-state index is 0.379. The molecule has 0 spiro atoms. The van der Waals surface area contributed by atoms with Crippen LogP contribution in [-0.4, -0.2) is 30.6 Å². The van der Waals surface area contributed by atoms with E-state index in [4.69, 9.17) is 21.1 Å². The molecular weight excluding hydrogens is 372 g/mol. The zero-order valence-electron chi connectivity index (χ0n) is 14.8. The van der Waals surface area contributed by atoms with Crippen LogP contribution in [0.1, 0.15) is 12.5 Å². The lowest BCUT2D eigenvalue weighted by molar-refractivity contribution is -0.156. The number of amides is 3. The van der Waals surface area contributed by atoms with Crippen LogP contribution in [0.3, 0.4) is 0 Å². The number of rotatable bonds is 6. The van der Waals surface area contributed by atoms with Crippen molar-refractivity contribution in [1.82, 2.24) is 5.32 Å². The molecule has 27 heavy (non-hydrogen) atoms. The average Bonchev–Trinajstić information content (AvgIpc) is 2.61. The molecule has 0 bridgehead atoms. The predicted molar refractivity (Wildman–Crippen MR) is 101 cm³/mol. The molecule has 8 heteroatoms. The van der Waals surface area contributed by atoms with E-state index in [2.05, 4.69) is 10.6 Å². The largest absolute Gasteiger partial charge is 0.482 e. The van der Waals surface area contributed by atoms with Crippen molar-refractivity contribution in [3.05, 3.63) is 59.1 Å². The maximum atomic E-state index is 11.9. The van der Waals surface area contributed by atoms with E-state index < -0.39 is 24.0 Å². The summed E-state index contributed by atoms with van der Waals surface area (Å²) >= 11 is 5.85. The van der Waals surface area contributed by atoms with Crippen molar-refractivity contribution in [3.63, 3.8) is 0 Å². The molecule has 7 nitrogen and oxygen atoms in total. The van der Waals surface area contributed by atoms with Gasteiger partial charge in [0.05, 0.1) is 0 Å². The molecule has 2 rings (SSSR count). The van der Waals surface area contributed by atoms with Gasteiger partial charge in [0.2, 0.25) is 0 Å². The Hall–Kier alpha value is -3.06. The van der Waals surface area contributed by atoms with Gasteiger partial charge in [0.15, 0.2) is 12.7 Å². The van der Waals surface area contributed by atoms with Gasteiger partial charge >= 0.3 is 12.0 Å². The molecule has 2 N–H and O–H groups in total. The molecule has 0 aliphatic heterocycles. The third-order valence-electron chi connectivity index (χ3n) is 3.43. The summed E-state index contributed by atoms with van der Waals surface area (Å²) in [6, 6.07) is 12.9. The number of anilines is 1. The molecule has 0 aliphatic rings. The summed E-state index contributed by atoms with van der Waals surface area (Å²) < 4.78 is 10.3. The first-order valence-electron chi connectivity index (χ1n) is 8.10. The number of halogens is 1. The van der Waals surface area contributed by atoms with Crippen molar-refractivity contribution < 1.29 is 23.9 Å². The lowest BCUT2D eigenvalue weighted by Gasteiger charge is -2.14. The van der Waals surface area contributed by atoms with Gasteiger partial charge in [-0.2, -0.15) is 0 Å². The molecule has 3 amide bonds. The van der Waals surface area contributed by atoms with Gasteiger partial charge in [-0.1, -0.05) is 29.8 Å². The molecule has 2 aromatic rings. The number of para-hydroxylation sites is 1. The van der Waals surface area contributed by atoms with Crippen LogP contribution in [0.15, 0.2) is 48.5 Å². The molecule has 0 aromatic heterocycles. The van der Waals surface area contributed by atoms with Crippen LogP contribution in [0.4, 0.5) is 10.5 Å². The van der Waals surface area contributed by atoms with Gasteiger partial charge in [-0.15, -0.1) is 0 Å². The summed E-state index contributed by atoms with van der Waals surface area (Å²) in [5.41, 5.74) is 1.29. The Morgan fingerprint density at radius 2 is 1.81 bits per heavy atom. The van der Waals surface area contributed by atoms with Crippen LogP contribution in [0.5, 0.6) is 5.75 Å². The van der Waals surface area contributed by atoms with Gasteiger partial charge in [-0.05, 0) is 49.7 Å². The molecule has 0 aliphatic carbocycles. The van der Waals surface area contributed by atoms with Gasteiger partial charge in [-0.3, -0.25) is 10.1 Å². The number of benzene rings is 2. The second-order valence-corrected chi connectivity index (χ2v) is 6.08. The highest BCUT2D eigenvalue weighted by Crippen LogP contribution is 2.21. The topological polar surface area (TPSA) is 93.7 Å². The number of carbonyl (C=O) groups is 3. The van der Waals surface area contributed by atoms with E-state index in [1.165, 1.54) is 6.92 Å². The SMILES string of the molecule is Cc1cc(Cl)ccc1OCC(=O)OC(C)C(=O)NC(=O)Nc1ccccc1. The van der Waals surface area contributed by atoms with Crippen LogP contribution in [0, 0.1) is 6.92 Å². The Labute approximate surface area is 161 Å². The monoisotopic (exact) mass is 390 g/mol. The van der Waals surface area contributed by atoms with Crippen LogP contribution in [-0.2, 0) is 14.3 Å². The smallest absolute Gasteiger partial charge is 0.344 e. The number of ether oxygens (including phenoxy) is 2. The van der Waals surface area contributed by atoms with Gasteiger partial charge in [0.1, 0.15) is 5.75 Å². The summed E-state index contributed by atoms with van der Waals surface area (Å²) in [7, 11) is 0. The highest BCUT2D eigenvalue weighted by atomic mass is 35.5. The van der Waals surface area contributed by atoms with Crippen molar-refractivity contribution in [2.45, 2.75) is 20.0 Å². The summed E-state index contributed by atoms with van der Waals surface area (Å²) in [5, 5.41) is 5.15. The van der Waals surface area contributed by atoms with E-state index in [1.807, 2.05) is 0 Å². The number of imide groups is 1. The zero-order valence-corrected chi connectivity index (χ0v) is 15.6. The minimum Gasteiger partial charge on any atom is -0.482 e. The standard InChI is InChI=1S/C19H19ClN2O5/c1-12-10-14(20)8-9-16(12)26-11-17(23)27-13(2)18(24)22-19(25)21-15-6-4-3-5-7-15/h3-10,13H,11H2,1-2H3,(H2,21,22,24,25). The number of hydrogen-bond donors (Lipinski definition) is 2. The van der Waals surface area contributed by atoms with E-state index >= 15 is 0 Å². The van der Waals surface area contributed by atoms with Crippen molar-refractivity contribution in [1.29, 1.82) is 0 Å². The third kappa shape index (κ3) is 6.63. The Kier molecular flexibility index (Phi) is 7.19. The van der Waals surface area contributed by atoms with Crippen molar-refractivity contribution in [2.24, 2.45) is 0 Å². The maximum Gasteiger partial charge on any atom is 0.344 e. The lowest BCUT2D eigenvalue weighted by atomic mass is 10.2. The zero-order chi connectivity index (χ0) is 19.8. The highest BCUT2D eigenvalue weighted by Gasteiger charge is 2.20. The molecule has 0 saturated carbocycles. The van der Waals surface area contributed by atoms with Crippen LogP contribution >= 0.6 is 11.6 Å². The molecule has 0 heterocycles. The van der Waals surface area contributed by atoms with Crippen LogP contribution < -0.4 is 15.4 Å². The van der Waals surface area contributed by atoms with Crippen molar-refractivity contribution in [3.8, 4) is 5.75 Å². The molecule has 0 fully saturated rings. The van der Waals surface area contributed by atoms with Gasteiger partial charge < -0.3 is 14.8 Å². The first-order chi connectivity index (χ1) is 12.8. The summed E-state index contributed by atoms with van der Waals surface area (Å²) in [6.45, 7) is 2.76. The molecular formula is C19H19ClN2O5. The quantitative estimate of drug-likeness (QED) is 0.738. The Morgan fingerprint density at radius 1 is 1.11 bits per heavy atom. The second kappa shape index (κ2) is 9.59. The Balaban J connectivity index is 1.77. The first kappa shape index (κ1) is 20.3. The summed E-state index contributed by atoms with van der Waals surface area (Å²) in [6.07, 6.45) is -1.16. The summed E-state index contributed by atoms with van der Waals surface area (Å²) in [4.78, 5) is 35.5. The van der Waals surface area contributed by atoms with Crippen LogP contribution in [0.2, 0.25) is 5.02 Å². The number of aryl methyl sites for hydroxylation is 1. The lowest BCUT2D eigenvalue weighted by Crippen LogP contribution is -2.42. The van der Waals surface area contributed by atoms with E-state index in [9.17, 15) is 14.4 Å². The average molecular weight is 391 g/mol. The normalized spacial score (nSPS) is 11.2. The first-order valence-corrected chi connectivity index (χ1v) is 8.48. The fourth-order valence-corrected chi connectivity index (χ4v) is 2.32. The fourth-order valence-electron chi connectivity index (χ4n) is 2.09. The molecule has 0 radical (unpaired) electrons. The van der Waals surface area contributed by atoms with Gasteiger partial charge in [0.25, 0.3) is 5.91 Å². The maximum absolute atomic E-state index is 11.9. The highest BCUT2D eigenvalue weighted by molar-refractivity contribution is 6.30. The molecule has 2 aromatic carbocycles. The Bertz CT molecular complexity index is 826. The number of hydrogen-bond acceptors (Lipinski definition) is 5. The number of nitrogens with one attached hydrogen (secondary N) is 2. The molecule has 0 saturated heterocycles. The third-order valence-corrected chi connectivity index (χ3v) is 3.66. The Morgan fingerprint density at radius 3 is 2.48 bits per heavy atom. The number of carbonyl (C=O) groups excluding carboxylic acids is 3. The predicted octanol–water partition coefficient (Wildman–Crippen LogP) is 3.31. The van der Waals surface area contributed by atoms with Gasteiger partial charge in [0, 0.05) is 10.7 Å². The fraction of sp³-hybridized carbons (Fsp3) is 0.211. The minimum atomic E-state index is -1.16. The second-order valence-electron chi connectivity index (χ2n) is 5.64. The van der Waals surface area contributed by atoms with E-state index in [1.54, 1.807) is 55.5 Å². The van der Waals surface area contributed by atoms with E-state index in [-0.39, 0.29) is 6.61 Å². The van der Waals surface area contributed by atoms with E-state index in [0.717, 1.165) is 5.56 Å². The van der Waals surface area contributed by atoms with Crippen LogP contribution in [0.25, 0.3) is 0 Å². The number of esters is 1. The molecule has 1 atom stereocenters. The molecule has 142 valence electrons. The van der Waals surface area contributed by atoms with Crippen molar-refractivity contribution >= 4 is 35.2 Å². The molecule has 1 unspecified atom stereocenters. The summed E-state index contributed by atoms with van der Waals surface area (Å²) in [5.74, 6) is -1.01. The van der Waals surface area contributed by atoms with E-state index in [0.29, 0.717) is 16.5 Å². The number of urea groups is 1. The van der Waals surface area contributed by atoms with Gasteiger partial charge in [-0.25, -0.2) is 9.59 Å².